The fourth-order valence-electron chi connectivity index (χ4n) is 3.08. The molecule has 21 heavy (non-hydrogen) atoms. The van der Waals surface area contributed by atoms with E-state index >= 15 is 0 Å². The Bertz CT molecular complexity index is 835. The number of para-hydroxylation sites is 1. The van der Waals surface area contributed by atoms with Gasteiger partial charge >= 0.3 is 0 Å². The molecule has 2 aromatic carbocycles. The van der Waals surface area contributed by atoms with Crippen molar-refractivity contribution in [3.8, 4) is 11.3 Å². The molecule has 0 fully saturated rings. The van der Waals surface area contributed by atoms with Gasteiger partial charge in [-0.15, -0.1) is 0 Å². The molecule has 1 aromatic heterocycles. The molecule has 1 aliphatic rings. The monoisotopic (exact) mass is 271 g/mol. The largest absolute Gasteiger partial charge is 0.354 e. The van der Waals surface area contributed by atoms with Crippen molar-refractivity contribution < 1.29 is 0 Å². The van der Waals surface area contributed by atoms with E-state index in [9.17, 15) is 0 Å². The Labute approximate surface area is 124 Å². The number of fused-ring (bicyclic) bond motifs is 1. The average Bonchev–Trinajstić information content (AvgIpc) is 3.17. The number of nitrogens with one attached hydrogen (secondary N) is 1. The Balaban J connectivity index is 1.88. The normalized spacial score (nSPS) is 13.8. The minimum absolute atomic E-state index is 1.02. The molecule has 0 aliphatic heterocycles. The van der Waals surface area contributed by atoms with Crippen molar-refractivity contribution in [2.75, 3.05) is 0 Å². The second-order valence-corrected chi connectivity index (χ2v) is 5.52. The molecule has 3 aromatic rings. The molecule has 1 nitrogen and oxygen atoms in total. The third-order valence-electron chi connectivity index (χ3n) is 4.13. The summed E-state index contributed by atoms with van der Waals surface area (Å²) >= 11 is 0. The van der Waals surface area contributed by atoms with E-state index in [1.807, 2.05) is 0 Å². The third kappa shape index (κ3) is 2.21. The molecule has 0 spiro atoms. The number of rotatable bonds is 3. The molecule has 4 rings (SSSR count). The lowest BCUT2D eigenvalue weighted by Gasteiger charge is -2.06. The van der Waals surface area contributed by atoms with E-state index in [4.69, 9.17) is 0 Å². The summed E-state index contributed by atoms with van der Waals surface area (Å²) in [5.74, 6) is 0. The highest BCUT2D eigenvalue weighted by atomic mass is 14.7. The zero-order chi connectivity index (χ0) is 14.1. The minimum atomic E-state index is 1.02. The summed E-state index contributed by atoms with van der Waals surface area (Å²) in [5.41, 5.74) is 6.63. The van der Waals surface area contributed by atoms with Gasteiger partial charge in [-0.05, 0) is 30.0 Å². The molecule has 0 unspecified atom stereocenters. The predicted octanol–water partition coefficient (Wildman–Crippen LogP) is 5.26. The first-order chi connectivity index (χ1) is 10.4. The van der Waals surface area contributed by atoms with Crippen molar-refractivity contribution in [1.29, 1.82) is 0 Å². The summed E-state index contributed by atoms with van der Waals surface area (Å²) in [6.45, 7) is 0. The van der Waals surface area contributed by atoms with E-state index in [0.29, 0.717) is 0 Å². The predicted molar refractivity (Wildman–Crippen MR) is 89.3 cm³/mol. The maximum Gasteiger partial charge on any atom is 0.0500 e. The van der Waals surface area contributed by atoms with Crippen LogP contribution in [0, 0.1) is 0 Å². The molecule has 1 aliphatic carbocycles. The van der Waals surface area contributed by atoms with Crippen LogP contribution in [0.1, 0.15) is 12.0 Å². The second kappa shape index (κ2) is 5.10. The zero-order valence-corrected chi connectivity index (χ0v) is 11.8. The topological polar surface area (TPSA) is 15.8 Å². The van der Waals surface area contributed by atoms with Crippen molar-refractivity contribution in [3.63, 3.8) is 0 Å². The van der Waals surface area contributed by atoms with Gasteiger partial charge in [-0.2, -0.15) is 0 Å². The van der Waals surface area contributed by atoms with Crippen molar-refractivity contribution in [2.45, 2.75) is 12.8 Å². The lowest BCUT2D eigenvalue weighted by Crippen LogP contribution is -1.90. The van der Waals surface area contributed by atoms with E-state index in [-0.39, 0.29) is 0 Å². The molecule has 102 valence electrons. The zero-order valence-electron chi connectivity index (χ0n) is 11.8. The fraction of sp³-hybridized carbons (Fsp3) is 0.100. The van der Waals surface area contributed by atoms with Crippen LogP contribution in [0.5, 0.6) is 0 Å². The summed E-state index contributed by atoms with van der Waals surface area (Å²) < 4.78 is 0. The highest BCUT2D eigenvalue weighted by Crippen LogP contribution is 2.33. The Morgan fingerprint density at radius 2 is 1.71 bits per heavy atom. The summed E-state index contributed by atoms with van der Waals surface area (Å²) in [4.78, 5) is 3.61. The third-order valence-corrected chi connectivity index (χ3v) is 4.13. The molecule has 1 heteroatoms. The maximum atomic E-state index is 3.61. The van der Waals surface area contributed by atoms with Crippen LogP contribution in [0.25, 0.3) is 22.2 Å². The van der Waals surface area contributed by atoms with Crippen LogP contribution < -0.4 is 0 Å². The van der Waals surface area contributed by atoms with Gasteiger partial charge in [-0.1, -0.05) is 72.3 Å². The van der Waals surface area contributed by atoms with Gasteiger partial charge < -0.3 is 4.98 Å². The number of allylic oxidation sites excluding steroid dienone is 4. The van der Waals surface area contributed by atoms with Crippen molar-refractivity contribution in [2.24, 2.45) is 0 Å². The van der Waals surface area contributed by atoms with Crippen LogP contribution in [0.15, 0.2) is 78.4 Å². The number of benzene rings is 2. The Kier molecular flexibility index (Phi) is 2.97. The lowest BCUT2D eigenvalue weighted by molar-refractivity contribution is 1.10. The summed E-state index contributed by atoms with van der Waals surface area (Å²) in [6, 6.07) is 19.2. The Morgan fingerprint density at radius 3 is 2.52 bits per heavy atom. The van der Waals surface area contributed by atoms with Gasteiger partial charge in [-0.3, -0.25) is 0 Å². The lowest BCUT2D eigenvalue weighted by atomic mass is 9.98. The maximum absolute atomic E-state index is 3.61. The van der Waals surface area contributed by atoms with Gasteiger partial charge in [-0.25, -0.2) is 0 Å². The number of hydrogen-bond donors (Lipinski definition) is 1. The molecule has 1 N–H and O–H groups in total. The highest BCUT2D eigenvalue weighted by Gasteiger charge is 2.14. The molecule has 0 amide bonds. The van der Waals surface area contributed by atoms with Crippen LogP contribution in [0.4, 0.5) is 0 Å². The summed E-state index contributed by atoms with van der Waals surface area (Å²) in [5, 5.41) is 1.34. The molecular weight excluding hydrogens is 254 g/mol. The van der Waals surface area contributed by atoms with Gasteiger partial charge in [0.05, 0.1) is 5.69 Å². The first-order valence-corrected chi connectivity index (χ1v) is 7.41. The van der Waals surface area contributed by atoms with Gasteiger partial charge in [0.25, 0.3) is 0 Å². The molecule has 0 saturated carbocycles. The van der Waals surface area contributed by atoms with E-state index in [1.165, 1.54) is 33.3 Å². The van der Waals surface area contributed by atoms with E-state index in [0.717, 1.165) is 12.8 Å². The molecule has 0 atom stereocenters. The quantitative estimate of drug-likeness (QED) is 0.668. The number of hydrogen-bond acceptors (Lipinski definition) is 0. The Morgan fingerprint density at radius 1 is 0.905 bits per heavy atom. The van der Waals surface area contributed by atoms with Crippen LogP contribution in [-0.4, -0.2) is 4.98 Å². The molecular formula is C20H17N. The fourth-order valence-corrected chi connectivity index (χ4v) is 3.08. The van der Waals surface area contributed by atoms with Gasteiger partial charge in [0, 0.05) is 10.9 Å². The molecule has 0 saturated heterocycles. The Hall–Kier alpha value is -2.54. The van der Waals surface area contributed by atoms with Crippen molar-refractivity contribution >= 4 is 10.9 Å². The highest BCUT2D eigenvalue weighted by molar-refractivity contribution is 5.91. The van der Waals surface area contributed by atoms with Crippen molar-refractivity contribution in [3.05, 3.63) is 84.0 Å². The SMILES string of the molecule is C1=CCC(Cc2c(-c3ccccc3)[nH]c3ccccc23)=C1. The molecule has 1 heterocycles. The average molecular weight is 271 g/mol. The van der Waals surface area contributed by atoms with Gasteiger partial charge in [0.1, 0.15) is 0 Å². The smallest absolute Gasteiger partial charge is 0.0500 e. The van der Waals surface area contributed by atoms with Gasteiger partial charge in [0.2, 0.25) is 0 Å². The second-order valence-electron chi connectivity index (χ2n) is 5.52. The van der Waals surface area contributed by atoms with Crippen LogP contribution >= 0.6 is 0 Å². The number of aromatic nitrogens is 1. The number of H-pyrrole nitrogens is 1. The van der Waals surface area contributed by atoms with E-state index < -0.39 is 0 Å². The van der Waals surface area contributed by atoms with Crippen LogP contribution in [0.2, 0.25) is 0 Å². The minimum Gasteiger partial charge on any atom is -0.354 e. The summed E-state index contributed by atoms with van der Waals surface area (Å²) in [6.07, 6.45) is 8.73. The first kappa shape index (κ1) is 12.2. The molecule has 0 radical (unpaired) electrons. The van der Waals surface area contributed by atoms with Crippen LogP contribution in [-0.2, 0) is 6.42 Å². The van der Waals surface area contributed by atoms with Gasteiger partial charge in [0.15, 0.2) is 0 Å². The number of aromatic amines is 1. The summed E-state index contributed by atoms with van der Waals surface area (Å²) in [7, 11) is 0. The van der Waals surface area contributed by atoms with Crippen molar-refractivity contribution in [1.82, 2.24) is 4.98 Å². The van der Waals surface area contributed by atoms with Crippen LogP contribution in [0.3, 0.4) is 0 Å². The van der Waals surface area contributed by atoms with E-state index in [1.54, 1.807) is 0 Å². The van der Waals surface area contributed by atoms with E-state index in [2.05, 4.69) is 77.8 Å². The molecule has 0 bridgehead atoms. The standard InChI is InChI=1S/C20H17N/c1-2-10-16(11-3-1)20-18(14-15-8-4-5-9-15)17-12-6-7-13-19(17)21-20/h1-8,10-13,21H,9,14H2. The first-order valence-electron chi connectivity index (χ1n) is 7.41.